The summed E-state index contributed by atoms with van der Waals surface area (Å²) in [4.78, 5) is 20.9. The molecule has 15 heavy (non-hydrogen) atoms. The zero-order valence-electron chi connectivity index (χ0n) is 8.28. The monoisotopic (exact) mass is 202 g/mol. The number of carboxylic acid groups (broad SMARTS) is 1. The van der Waals surface area contributed by atoms with Gasteiger partial charge in [-0.1, -0.05) is 23.5 Å². The third-order valence-corrected chi connectivity index (χ3v) is 1.81. The van der Waals surface area contributed by atoms with E-state index in [0.717, 1.165) is 5.56 Å². The van der Waals surface area contributed by atoms with Crippen molar-refractivity contribution < 1.29 is 14.7 Å². The average molecular weight is 202 g/mol. The minimum atomic E-state index is -1.01. The SMILES string of the molecule is Cc1ccc(C#CCC=O)c(C(=O)O)c1. The van der Waals surface area contributed by atoms with Gasteiger partial charge in [0.15, 0.2) is 0 Å². The van der Waals surface area contributed by atoms with Crippen LogP contribution in [0.2, 0.25) is 0 Å². The van der Waals surface area contributed by atoms with E-state index in [1.165, 1.54) is 0 Å². The summed E-state index contributed by atoms with van der Waals surface area (Å²) < 4.78 is 0. The van der Waals surface area contributed by atoms with Crippen molar-refractivity contribution >= 4 is 12.3 Å². The highest BCUT2D eigenvalue weighted by Gasteiger charge is 2.07. The molecule has 0 saturated heterocycles. The van der Waals surface area contributed by atoms with Gasteiger partial charge in [0.05, 0.1) is 12.0 Å². The van der Waals surface area contributed by atoms with E-state index >= 15 is 0 Å². The molecule has 0 atom stereocenters. The Balaban J connectivity index is 3.13. The molecule has 0 aliphatic carbocycles. The average Bonchev–Trinajstić information content (AvgIpc) is 2.20. The number of carboxylic acids is 1. The van der Waals surface area contributed by atoms with E-state index in [4.69, 9.17) is 5.11 Å². The molecule has 0 spiro atoms. The molecule has 1 N–H and O–H groups in total. The number of aldehydes is 1. The van der Waals surface area contributed by atoms with Crippen LogP contribution < -0.4 is 0 Å². The van der Waals surface area contributed by atoms with E-state index in [1.54, 1.807) is 18.2 Å². The molecule has 0 aliphatic rings. The van der Waals surface area contributed by atoms with Gasteiger partial charge in [-0.05, 0) is 19.1 Å². The first-order valence-electron chi connectivity index (χ1n) is 4.41. The van der Waals surface area contributed by atoms with Gasteiger partial charge >= 0.3 is 5.97 Å². The van der Waals surface area contributed by atoms with E-state index in [9.17, 15) is 9.59 Å². The summed E-state index contributed by atoms with van der Waals surface area (Å²) in [5.41, 5.74) is 1.48. The van der Waals surface area contributed by atoms with Crippen molar-refractivity contribution in [3.8, 4) is 11.8 Å². The van der Waals surface area contributed by atoms with Crippen molar-refractivity contribution in [2.45, 2.75) is 13.3 Å². The predicted molar refractivity (Wildman–Crippen MR) is 55.7 cm³/mol. The standard InChI is InChI=1S/C12H10O3/c1-9-5-6-10(4-2-3-7-13)11(8-9)12(14)15/h5-8H,3H2,1H3,(H,14,15). The number of hydrogen-bond donors (Lipinski definition) is 1. The van der Waals surface area contributed by atoms with E-state index in [2.05, 4.69) is 11.8 Å². The van der Waals surface area contributed by atoms with E-state index in [1.807, 2.05) is 6.92 Å². The highest BCUT2D eigenvalue weighted by atomic mass is 16.4. The Morgan fingerprint density at radius 2 is 2.27 bits per heavy atom. The zero-order chi connectivity index (χ0) is 11.3. The van der Waals surface area contributed by atoms with Gasteiger partial charge in [-0.2, -0.15) is 0 Å². The quantitative estimate of drug-likeness (QED) is 0.585. The molecule has 0 amide bonds. The first kappa shape index (κ1) is 11.0. The summed E-state index contributed by atoms with van der Waals surface area (Å²) in [6.45, 7) is 1.81. The van der Waals surface area contributed by atoms with Gasteiger partial charge in [-0.3, -0.25) is 0 Å². The van der Waals surface area contributed by atoms with Crippen molar-refractivity contribution in [3.05, 3.63) is 34.9 Å². The van der Waals surface area contributed by atoms with Crippen LogP contribution in [0.25, 0.3) is 0 Å². The van der Waals surface area contributed by atoms with Crippen LogP contribution in [0.3, 0.4) is 0 Å². The molecule has 0 fully saturated rings. The summed E-state index contributed by atoms with van der Waals surface area (Å²) in [6, 6.07) is 5.00. The number of rotatable bonds is 2. The van der Waals surface area contributed by atoms with Crippen molar-refractivity contribution in [1.82, 2.24) is 0 Å². The molecular formula is C12H10O3. The Labute approximate surface area is 87.7 Å². The normalized spacial score (nSPS) is 8.87. The molecule has 0 bridgehead atoms. The van der Waals surface area contributed by atoms with Gasteiger partial charge < -0.3 is 9.90 Å². The molecule has 0 radical (unpaired) electrons. The molecule has 0 aromatic heterocycles. The van der Waals surface area contributed by atoms with Gasteiger partial charge in [0.25, 0.3) is 0 Å². The lowest BCUT2D eigenvalue weighted by Crippen LogP contribution is -2.00. The number of carbonyl (C=O) groups excluding carboxylic acids is 1. The Hall–Kier alpha value is -2.08. The van der Waals surface area contributed by atoms with Gasteiger partial charge in [0.1, 0.15) is 6.29 Å². The molecule has 0 heterocycles. The minimum absolute atomic E-state index is 0.118. The molecule has 1 aromatic rings. The summed E-state index contributed by atoms with van der Waals surface area (Å²) >= 11 is 0. The lowest BCUT2D eigenvalue weighted by atomic mass is 10.0. The molecule has 76 valence electrons. The number of benzene rings is 1. The van der Waals surface area contributed by atoms with Gasteiger partial charge in [-0.15, -0.1) is 0 Å². The van der Waals surface area contributed by atoms with Crippen LogP contribution in [-0.2, 0) is 4.79 Å². The maximum absolute atomic E-state index is 10.9. The fourth-order valence-electron chi connectivity index (χ4n) is 1.13. The maximum Gasteiger partial charge on any atom is 0.336 e. The van der Waals surface area contributed by atoms with E-state index in [-0.39, 0.29) is 12.0 Å². The molecule has 1 aromatic carbocycles. The van der Waals surface area contributed by atoms with Crippen molar-refractivity contribution in [2.75, 3.05) is 0 Å². The lowest BCUT2D eigenvalue weighted by molar-refractivity contribution is -0.107. The van der Waals surface area contributed by atoms with Gasteiger partial charge in [0.2, 0.25) is 0 Å². The fourth-order valence-corrected chi connectivity index (χ4v) is 1.13. The van der Waals surface area contributed by atoms with Crippen molar-refractivity contribution in [1.29, 1.82) is 0 Å². The topological polar surface area (TPSA) is 54.4 Å². The molecule has 3 nitrogen and oxygen atoms in total. The zero-order valence-corrected chi connectivity index (χ0v) is 8.28. The summed E-state index contributed by atoms with van der Waals surface area (Å²) in [7, 11) is 0. The van der Waals surface area contributed by atoms with Crippen LogP contribution in [0, 0.1) is 18.8 Å². The van der Waals surface area contributed by atoms with Crippen molar-refractivity contribution in [2.24, 2.45) is 0 Å². The Bertz CT molecular complexity index is 450. The van der Waals surface area contributed by atoms with Gasteiger partial charge in [-0.25, -0.2) is 4.79 Å². The minimum Gasteiger partial charge on any atom is -0.478 e. The van der Waals surface area contributed by atoms with Gasteiger partial charge in [0, 0.05) is 5.56 Å². The van der Waals surface area contributed by atoms with Crippen molar-refractivity contribution in [3.63, 3.8) is 0 Å². The molecule has 3 heteroatoms. The number of aromatic carboxylic acids is 1. The lowest BCUT2D eigenvalue weighted by Gasteiger charge is -2.00. The fraction of sp³-hybridized carbons (Fsp3) is 0.167. The van der Waals surface area contributed by atoms with Crippen LogP contribution in [0.1, 0.15) is 27.9 Å². The van der Waals surface area contributed by atoms with Crippen LogP contribution >= 0.6 is 0 Å². The summed E-state index contributed by atoms with van der Waals surface area (Å²) in [5, 5.41) is 8.91. The molecule has 0 saturated carbocycles. The third-order valence-electron chi connectivity index (χ3n) is 1.81. The van der Waals surface area contributed by atoms with Crippen LogP contribution in [-0.4, -0.2) is 17.4 Å². The van der Waals surface area contributed by atoms with E-state index in [0.29, 0.717) is 11.8 Å². The van der Waals surface area contributed by atoms with Crippen LogP contribution in [0.15, 0.2) is 18.2 Å². The third kappa shape index (κ3) is 2.96. The molecule has 1 rings (SSSR count). The smallest absolute Gasteiger partial charge is 0.336 e. The largest absolute Gasteiger partial charge is 0.478 e. The highest BCUT2D eigenvalue weighted by molar-refractivity contribution is 5.91. The summed E-state index contributed by atoms with van der Waals surface area (Å²) in [5.74, 6) is 4.24. The first-order valence-corrected chi connectivity index (χ1v) is 4.41. The first-order chi connectivity index (χ1) is 7.15. The van der Waals surface area contributed by atoms with Crippen LogP contribution in [0.4, 0.5) is 0 Å². The molecular weight excluding hydrogens is 192 g/mol. The molecule has 0 aliphatic heterocycles. The second-order valence-corrected chi connectivity index (χ2v) is 3.03. The Morgan fingerprint density at radius 1 is 1.53 bits per heavy atom. The second-order valence-electron chi connectivity index (χ2n) is 3.03. The Morgan fingerprint density at radius 3 is 2.87 bits per heavy atom. The number of aryl methyl sites for hydroxylation is 1. The number of hydrogen-bond acceptors (Lipinski definition) is 2. The summed E-state index contributed by atoms with van der Waals surface area (Å²) in [6.07, 6.45) is 0.800. The molecule has 0 unspecified atom stereocenters. The number of carbonyl (C=O) groups is 2. The van der Waals surface area contributed by atoms with E-state index < -0.39 is 5.97 Å². The highest BCUT2D eigenvalue weighted by Crippen LogP contribution is 2.10. The predicted octanol–water partition coefficient (Wildman–Crippen LogP) is 1.63. The Kier molecular flexibility index (Phi) is 3.64. The van der Waals surface area contributed by atoms with Crippen LogP contribution in [0.5, 0.6) is 0 Å². The second kappa shape index (κ2) is 4.97. The maximum atomic E-state index is 10.9.